The van der Waals surface area contributed by atoms with Crippen LogP contribution in [-0.2, 0) is 4.79 Å². The Labute approximate surface area is 175 Å². The van der Waals surface area contributed by atoms with Gasteiger partial charge in [-0.05, 0) is 36.4 Å². The van der Waals surface area contributed by atoms with Gasteiger partial charge in [0.15, 0.2) is 0 Å². The van der Waals surface area contributed by atoms with Gasteiger partial charge in [-0.25, -0.2) is 0 Å². The molecule has 0 fully saturated rings. The zero-order chi connectivity index (χ0) is 21.3. The number of rotatable bonds is 7. The number of carbonyl (C=O) groups excluding carboxylic acids is 2. The fourth-order valence-corrected chi connectivity index (χ4v) is 2.82. The number of carbonyl (C=O) groups is 2. The van der Waals surface area contributed by atoms with Crippen LogP contribution >= 0.6 is 0 Å². The van der Waals surface area contributed by atoms with E-state index in [-0.39, 0.29) is 5.70 Å². The van der Waals surface area contributed by atoms with Gasteiger partial charge in [0.2, 0.25) is 0 Å². The lowest BCUT2D eigenvalue weighted by molar-refractivity contribution is -0.113. The summed E-state index contributed by atoms with van der Waals surface area (Å²) in [4.78, 5) is 25.8. The minimum atomic E-state index is -0.491. The van der Waals surface area contributed by atoms with Gasteiger partial charge in [0.25, 0.3) is 11.8 Å². The summed E-state index contributed by atoms with van der Waals surface area (Å²) >= 11 is 0. The highest BCUT2D eigenvalue weighted by Gasteiger charge is 2.17. The normalized spacial score (nSPS) is 10.8. The maximum absolute atomic E-state index is 13.1. The van der Waals surface area contributed by atoms with Crippen molar-refractivity contribution >= 4 is 23.6 Å². The number of hydrogen-bond acceptors (Lipinski definition) is 4. The predicted molar refractivity (Wildman–Crippen MR) is 117 cm³/mol. The second-order valence-electron chi connectivity index (χ2n) is 6.27. The van der Waals surface area contributed by atoms with Gasteiger partial charge in [0.1, 0.15) is 17.2 Å². The van der Waals surface area contributed by atoms with Gasteiger partial charge >= 0.3 is 0 Å². The Morgan fingerprint density at radius 2 is 1.37 bits per heavy atom. The molecule has 6 nitrogen and oxygen atoms in total. The number of amides is 2. The molecule has 0 aliphatic heterocycles. The van der Waals surface area contributed by atoms with Crippen LogP contribution in [0.1, 0.15) is 15.9 Å². The Hall–Kier alpha value is -4.06. The van der Waals surface area contributed by atoms with Gasteiger partial charge < -0.3 is 20.1 Å². The minimum Gasteiger partial charge on any atom is -0.496 e. The van der Waals surface area contributed by atoms with Crippen LogP contribution in [0, 0.1) is 0 Å². The van der Waals surface area contributed by atoms with E-state index in [0.29, 0.717) is 28.3 Å². The van der Waals surface area contributed by atoms with Crippen molar-refractivity contribution in [2.45, 2.75) is 0 Å². The summed E-state index contributed by atoms with van der Waals surface area (Å²) in [7, 11) is 3.07. The zero-order valence-corrected chi connectivity index (χ0v) is 16.7. The van der Waals surface area contributed by atoms with Gasteiger partial charge in [0, 0.05) is 11.1 Å². The Morgan fingerprint density at radius 3 is 2.07 bits per heavy atom. The molecule has 2 amide bonds. The van der Waals surface area contributed by atoms with E-state index in [1.165, 1.54) is 7.11 Å². The first kappa shape index (κ1) is 20.7. The Balaban J connectivity index is 1.95. The van der Waals surface area contributed by atoms with Crippen LogP contribution in [0.4, 0.5) is 5.69 Å². The molecule has 0 unspecified atom stereocenters. The van der Waals surface area contributed by atoms with E-state index >= 15 is 0 Å². The largest absolute Gasteiger partial charge is 0.496 e. The van der Waals surface area contributed by atoms with Crippen molar-refractivity contribution in [1.29, 1.82) is 0 Å². The van der Waals surface area contributed by atoms with Crippen molar-refractivity contribution in [3.05, 3.63) is 95.7 Å². The number of hydrogen-bond donors (Lipinski definition) is 2. The molecular weight excluding hydrogens is 380 g/mol. The molecule has 0 aromatic heterocycles. The van der Waals surface area contributed by atoms with Crippen molar-refractivity contribution in [1.82, 2.24) is 5.32 Å². The standard InChI is InChI=1S/C24H22N2O4/c1-29-21-14-8-6-12-18(21)16-20(26-23(27)17-10-4-3-5-11-17)24(28)25-19-13-7-9-15-22(19)30-2/h3-16H,1-2H3,(H,25,28)(H,26,27)/b20-16+. The smallest absolute Gasteiger partial charge is 0.272 e. The van der Waals surface area contributed by atoms with Crippen molar-refractivity contribution in [2.75, 3.05) is 19.5 Å². The summed E-state index contributed by atoms with van der Waals surface area (Å²) in [6, 6.07) is 22.9. The molecule has 0 heterocycles. The number of benzene rings is 3. The quantitative estimate of drug-likeness (QED) is 0.583. The van der Waals surface area contributed by atoms with Gasteiger partial charge in [-0.3, -0.25) is 9.59 Å². The van der Waals surface area contributed by atoms with Crippen molar-refractivity contribution in [3.63, 3.8) is 0 Å². The fraction of sp³-hybridized carbons (Fsp3) is 0.0833. The van der Waals surface area contributed by atoms with Gasteiger partial charge in [-0.1, -0.05) is 48.5 Å². The molecule has 0 radical (unpaired) electrons. The molecule has 0 aliphatic rings. The van der Waals surface area contributed by atoms with Crippen LogP contribution in [0.2, 0.25) is 0 Å². The van der Waals surface area contributed by atoms with E-state index in [1.807, 2.05) is 18.2 Å². The molecule has 3 aromatic carbocycles. The van der Waals surface area contributed by atoms with E-state index in [0.717, 1.165) is 0 Å². The summed E-state index contributed by atoms with van der Waals surface area (Å²) < 4.78 is 10.7. The molecule has 0 spiro atoms. The molecule has 2 N–H and O–H groups in total. The maximum atomic E-state index is 13.1. The van der Waals surface area contributed by atoms with E-state index in [9.17, 15) is 9.59 Å². The molecule has 30 heavy (non-hydrogen) atoms. The van der Waals surface area contributed by atoms with Crippen LogP contribution in [0.15, 0.2) is 84.6 Å². The molecule has 0 bridgehead atoms. The molecule has 3 rings (SSSR count). The van der Waals surface area contributed by atoms with Gasteiger partial charge in [-0.15, -0.1) is 0 Å². The summed E-state index contributed by atoms with van der Waals surface area (Å²) in [5.74, 6) is 0.201. The lowest BCUT2D eigenvalue weighted by atomic mass is 10.1. The number of nitrogens with one attached hydrogen (secondary N) is 2. The molecule has 0 saturated heterocycles. The van der Waals surface area contributed by atoms with Crippen molar-refractivity contribution in [2.24, 2.45) is 0 Å². The minimum absolute atomic E-state index is 0.0688. The molecule has 6 heteroatoms. The number of anilines is 1. The third-order valence-corrected chi connectivity index (χ3v) is 4.32. The average molecular weight is 402 g/mol. The predicted octanol–water partition coefficient (Wildman–Crippen LogP) is 4.11. The number of para-hydroxylation sites is 3. The number of methoxy groups -OCH3 is 2. The summed E-state index contributed by atoms with van der Waals surface area (Å²) in [6.45, 7) is 0. The van der Waals surface area contributed by atoms with E-state index in [4.69, 9.17) is 9.47 Å². The average Bonchev–Trinajstić information content (AvgIpc) is 2.79. The molecule has 152 valence electrons. The highest BCUT2D eigenvalue weighted by molar-refractivity contribution is 6.11. The number of ether oxygens (including phenoxy) is 2. The van der Waals surface area contributed by atoms with Crippen LogP contribution in [-0.4, -0.2) is 26.0 Å². The first-order valence-electron chi connectivity index (χ1n) is 9.28. The van der Waals surface area contributed by atoms with E-state index < -0.39 is 11.8 Å². The Kier molecular flexibility index (Phi) is 6.84. The molecule has 3 aromatic rings. The third-order valence-electron chi connectivity index (χ3n) is 4.32. The zero-order valence-electron chi connectivity index (χ0n) is 16.7. The maximum Gasteiger partial charge on any atom is 0.272 e. The summed E-state index contributed by atoms with van der Waals surface area (Å²) in [5.41, 5.74) is 1.65. The Morgan fingerprint density at radius 1 is 0.767 bits per heavy atom. The second-order valence-corrected chi connectivity index (χ2v) is 6.27. The highest BCUT2D eigenvalue weighted by Crippen LogP contribution is 2.24. The van der Waals surface area contributed by atoms with Crippen molar-refractivity contribution < 1.29 is 19.1 Å². The molecular formula is C24H22N2O4. The lowest BCUT2D eigenvalue weighted by Gasteiger charge is -2.14. The highest BCUT2D eigenvalue weighted by atomic mass is 16.5. The first-order valence-corrected chi connectivity index (χ1v) is 9.28. The van der Waals surface area contributed by atoms with Crippen LogP contribution in [0.3, 0.4) is 0 Å². The summed E-state index contributed by atoms with van der Waals surface area (Å²) in [5, 5.41) is 5.49. The third kappa shape index (κ3) is 5.05. The molecule has 0 atom stereocenters. The van der Waals surface area contributed by atoms with E-state index in [1.54, 1.807) is 73.8 Å². The van der Waals surface area contributed by atoms with E-state index in [2.05, 4.69) is 10.6 Å². The summed E-state index contributed by atoms with van der Waals surface area (Å²) in [6.07, 6.45) is 1.57. The fourth-order valence-electron chi connectivity index (χ4n) is 2.82. The van der Waals surface area contributed by atoms with Crippen molar-refractivity contribution in [3.8, 4) is 11.5 Å². The topological polar surface area (TPSA) is 76.7 Å². The molecule has 0 aliphatic carbocycles. The Bertz CT molecular complexity index is 1060. The van der Waals surface area contributed by atoms with Crippen LogP contribution in [0.25, 0.3) is 6.08 Å². The van der Waals surface area contributed by atoms with Gasteiger partial charge in [0.05, 0.1) is 19.9 Å². The monoisotopic (exact) mass is 402 g/mol. The van der Waals surface area contributed by atoms with Crippen LogP contribution in [0.5, 0.6) is 11.5 Å². The van der Waals surface area contributed by atoms with Crippen LogP contribution < -0.4 is 20.1 Å². The second kappa shape index (κ2) is 9.93. The SMILES string of the molecule is COc1ccccc1/C=C(/NC(=O)c1ccccc1)C(=O)Nc1ccccc1OC. The van der Waals surface area contributed by atoms with Gasteiger partial charge in [-0.2, -0.15) is 0 Å². The lowest BCUT2D eigenvalue weighted by Crippen LogP contribution is -2.30. The first-order chi connectivity index (χ1) is 14.6. The molecule has 0 saturated carbocycles.